The van der Waals surface area contributed by atoms with Gasteiger partial charge in [0.15, 0.2) is 16.4 Å². The highest BCUT2D eigenvalue weighted by Crippen LogP contribution is 2.24. The maximum atomic E-state index is 12.5. The number of halogens is 2. The Balaban J connectivity index is 1.61. The van der Waals surface area contributed by atoms with Crippen molar-refractivity contribution in [3.63, 3.8) is 0 Å². The first kappa shape index (κ1) is 18.2. The van der Waals surface area contributed by atoms with Gasteiger partial charge in [-0.3, -0.25) is 4.79 Å². The molecule has 0 spiro atoms. The van der Waals surface area contributed by atoms with Crippen molar-refractivity contribution in [2.45, 2.75) is 6.43 Å². The van der Waals surface area contributed by atoms with E-state index in [0.29, 0.717) is 5.56 Å². The van der Waals surface area contributed by atoms with Crippen LogP contribution in [-0.2, 0) is 14.6 Å². The summed E-state index contributed by atoms with van der Waals surface area (Å²) in [6, 6.07) is 2.84. The topological polar surface area (TPSA) is 115 Å². The molecule has 140 valence electrons. The summed E-state index contributed by atoms with van der Waals surface area (Å²) < 4.78 is 57.9. The van der Waals surface area contributed by atoms with Gasteiger partial charge in [-0.05, 0) is 6.07 Å². The molecule has 0 N–H and O–H groups in total. The summed E-state index contributed by atoms with van der Waals surface area (Å²) in [5.74, 6) is -1.37. The number of rotatable bonds is 5. The molecule has 1 amide bonds. The predicted octanol–water partition coefficient (Wildman–Crippen LogP) is 0.705. The minimum atomic E-state index is -3.08. The van der Waals surface area contributed by atoms with Crippen molar-refractivity contribution >= 4 is 15.7 Å². The summed E-state index contributed by atoms with van der Waals surface area (Å²) in [4.78, 5) is 17.4. The van der Waals surface area contributed by atoms with Crippen LogP contribution in [0.15, 0.2) is 22.7 Å². The number of nitrogens with zero attached hydrogens (tertiary/aromatic N) is 4. The van der Waals surface area contributed by atoms with E-state index in [1.165, 1.54) is 23.2 Å². The van der Waals surface area contributed by atoms with E-state index < -0.39 is 22.2 Å². The normalized spacial score (nSPS) is 16.7. The van der Waals surface area contributed by atoms with Gasteiger partial charge in [-0.2, -0.15) is 8.78 Å². The number of carbonyl (C=O) groups is 1. The third kappa shape index (κ3) is 4.31. The fourth-order valence-corrected chi connectivity index (χ4v) is 3.45. The summed E-state index contributed by atoms with van der Waals surface area (Å²) in [7, 11) is -3.08. The van der Waals surface area contributed by atoms with Crippen LogP contribution in [0.3, 0.4) is 0 Å². The summed E-state index contributed by atoms with van der Waals surface area (Å²) in [5, 5.41) is 6.75. The molecule has 9 nitrogen and oxygen atoms in total. The summed E-state index contributed by atoms with van der Waals surface area (Å²) >= 11 is 0. The van der Waals surface area contributed by atoms with Crippen molar-refractivity contribution < 1.29 is 31.1 Å². The molecule has 3 rings (SSSR count). The number of pyridine rings is 1. The lowest BCUT2D eigenvalue weighted by Crippen LogP contribution is -2.45. The van der Waals surface area contributed by atoms with Gasteiger partial charge < -0.3 is 14.1 Å². The zero-order valence-corrected chi connectivity index (χ0v) is 14.2. The molecule has 1 saturated heterocycles. The molecule has 2 aromatic rings. The van der Waals surface area contributed by atoms with Gasteiger partial charge >= 0.3 is 6.43 Å². The Bertz CT molecular complexity index is 888. The van der Waals surface area contributed by atoms with Gasteiger partial charge in [0.2, 0.25) is 11.8 Å². The van der Waals surface area contributed by atoms with Gasteiger partial charge in [0.05, 0.1) is 11.5 Å². The molecule has 0 aromatic carbocycles. The van der Waals surface area contributed by atoms with E-state index in [4.69, 9.17) is 9.15 Å². The van der Waals surface area contributed by atoms with Gasteiger partial charge in [-0.25, -0.2) is 13.4 Å². The van der Waals surface area contributed by atoms with Crippen molar-refractivity contribution in [1.29, 1.82) is 0 Å². The van der Waals surface area contributed by atoms with Gasteiger partial charge in [-0.1, -0.05) is 0 Å². The maximum Gasteiger partial charge on any atom is 0.314 e. The minimum Gasteiger partial charge on any atom is -0.468 e. The average Bonchev–Trinajstić information content (AvgIpc) is 3.10. The third-order valence-corrected chi connectivity index (χ3v) is 5.26. The molecular formula is C14H14F2N4O5S. The predicted molar refractivity (Wildman–Crippen MR) is 83.2 cm³/mol. The molecule has 1 fully saturated rings. The minimum absolute atomic E-state index is 0.0669. The Labute approximate surface area is 146 Å². The van der Waals surface area contributed by atoms with E-state index in [1.807, 2.05) is 0 Å². The Morgan fingerprint density at radius 1 is 1.31 bits per heavy atom. The Hall–Kier alpha value is -2.63. The average molecular weight is 388 g/mol. The molecule has 3 heterocycles. The van der Waals surface area contributed by atoms with E-state index in [9.17, 15) is 22.0 Å². The van der Waals surface area contributed by atoms with Crippen LogP contribution in [0.5, 0.6) is 5.88 Å². The Kier molecular flexibility index (Phi) is 5.11. The molecular weight excluding hydrogens is 374 g/mol. The highest BCUT2D eigenvalue weighted by molar-refractivity contribution is 7.91. The van der Waals surface area contributed by atoms with Gasteiger partial charge in [0.25, 0.3) is 11.8 Å². The summed E-state index contributed by atoms with van der Waals surface area (Å²) in [5.41, 5.74) is 0.311. The highest BCUT2D eigenvalue weighted by atomic mass is 32.2. The highest BCUT2D eigenvalue weighted by Gasteiger charge is 2.25. The van der Waals surface area contributed by atoms with Crippen LogP contribution in [-0.4, -0.2) is 65.6 Å². The largest absolute Gasteiger partial charge is 0.468 e. The van der Waals surface area contributed by atoms with Crippen LogP contribution in [0, 0.1) is 0 Å². The van der Waals surface area contributed by atoms with E-state index in [2.05, 4.69) is 15.2 Å². The molecule has 0 saturated carbocycles. The second-order valence-electron chi connectivity index (χ2n) is 5.45. The summed E-state index contributed by atoms with van der Waals surface area (Å²) in [6.45, 7) is -0.0879. The number of sulfone groups is 1. The molecule has 12 heteroatoms. The molecule has 0 radical (unpaired) electrons. The molecule has 0 atom stereocenters. The second kappa shape index (κ2) is 7.32. The van der Waals surface area contributed by atoms with Gasteiger partial charge in [0, 0.05) is 30.9 Å². The zero-order valence-electron chi connectivity index (χ0n) is 13.3. The zero-order chi connectivity index (χ0) is 18.7. The number of hydrogen-bond donors (Lipinski definition) is 0. The number of hydrogen-bond acceptors (Lipinski definition) is 8. The van der Waals surface area contributed by atoms with Crippen LogP contribution in [0.25, 0.3) is 11.5 Å². The van der Waals surface area contributed by atoms with Crippen molar-refractivity contribution in [2.75, 3.05) is 31.2 Å². The maximum absolute atomic E-state index is 12.5. The second-order valence-corrected chi connectivity index (χ2v) is 7.75. The van der Waals surface area contributed by atoms with Crippen molar-refractivity contribution in [1.82, 2.24) is 20.1 Å². The fourth-order valence-electron chi connectivity index (χ4n) is 2.25. The van der Waals surface area contributed by atoms with Crippen LogP contribution < -0.4 is 4.74 Å². The van der Waals surface area contributed by atoms with E-state index in [1.54, 1.807) is 0 Å². The first-order valence-electron chi connectivity index (χ1n) is 7.53. The molecule has 0 aliphatic carbocycles. The molecule has 2 aromatic heterocycles. The van der Waals surface area contributed by atoms with Gasteiger partial charge in [0.1, 0.15) is 0 Å². The number of ether oxygens (including phenoxy) is 1. The fraction of sp³-hybridized carbons (Fsp3) is 0.429. The van der Waals surface area contributed by atoms with Crippen LogP contribution in [0.2, 0.25) is 0 Å². The van der Waals surface area contributed by atoms with E-state index in [0.717, 1.165) is 0 Å². The van der Waals surface area contributed by atoms with Crippen LogP contribution in [0.4, 0.5) is 8.78 Å². The van der Waals surface area contributed by atoms with Crippen molar-refractivity contribution in [2.24, 2.45) is 0 Å². The lowest BCUT2D eigenvalue weighted by Gasteiger charge is -2.26. The van der Waals surface area contributed by atoms with Gasteiger partial charge in [-0.15, -0.1) is 10.2 Å². The smallest absolute Gasteiger partial charge is 0.314 e. The first-order valence-corrected chi connectivity index (χ1v) is 9.35. The molecule has 0 bridgehead atoms. The Morgan fingerprint density at radius 2 is 2.04 bits per heavy atom. The lowest BCUT2D eigenvalue weighted by molar-refractivity contribution is -0.133. The number of amides is 1. The SMILES string of the molecule is O=C(COc1cc(-c2nnc(C(F)F)o2)ccn1)N1CCS(=O)(=O)CC1. The van der Waals surface area contributed by atoms with Crippen molar-refractivity contribution in [3.05, 3.63) is 24.2 Å². The standard InChI is InChI=1S/C14H14F2N4O5S/c15-12(16)14-19-18-13(25-14)9-1-2-17-10(7-9)24-8-11(21)20-3-5-26(22,23)6-4-20/h1-2,7,12H,3-6,8H2. The quantitative estimate of drug-likeness (QED) is 0.735. The molecule has 1 aliphatic rings. The number of aromatic nitrogens is 3. The number of carbonyl (C=O) groups excluding carboxylic acids is 1. The molecule has 0 unspecified atom stereocenters. The lowest BCUT2D eigenvalue weighted by atomic mass is 10.3. The Morgan fingerprint density at radius 3 is 2.69 bits per heavy atom. The monoisotopic (exact) mass is 388 g/mol. The van der Waals surface area contributed by atoms with E-state index >= 15 is 0 Å². The molecule has 26 heavy (non-hydrogen) atoms. The van der Waals surface area contributed by atoms with Crippen molar-refractivity contribution in [3.8, 4) is 17.3 Å². The van der Waals surface area contributed by atoms with Crippen LogP contribution >= 0.6 is 0 Å². The number of alkyl halides is 2. The van der Waals surface area contributed by atoms with Crippen LogP contribution in [0.1, 0.15) is 12.3 Å². The summed E-state index contributed by atoms with van der Waals surface area (Å²) in [6.07, 6.45) is -1.53. The third-order valence-electron chi connectivity index (χ3n) is 3.65. The van der Waals surface area contributed by atoms with E-state index in [-0.39, 0.29) is 48.9 Å². The first-order chi connectivity index (χ1) is 12.3. The molecule has 1 aliphatic heterocycles.